The Bertz CT molecular complexity index is 525. The van der Waals surface area contributed by atoms with Gasteiger partial charge in [-0.15, -0.1) is 0 Å². The molecule has 0 radical (unpaired) electrons. The molecule has 0 aliphatic rings. The lowest BCUT2D eigenvalue weighted by atomic mass is 10.1. The Kier molecular flexibility index (Phi) is 4.34. The molecule has 4 N–H and O–H groups in total. The van der Waals surface area contributed by atoms with Gasteiger partial charge in [-0.2, -0.15) is 5.26 Å². The van der Waals surface area contributed by atoms with Crippen LogP contribution in [0.25, 0.3) is 0 Å². The monoisotopic (exact) mass is 251 g/mol. The van der Waals surface area contributed by atoms with Crippen LogP contribution < -0.4 is 11.1 Å². The van der Waals surface area contributed by atoms with Gasteiger partial charge in [0.2, 0.25) is 5.91 Å². The van der Waals surface area contributed by atoms with Crippen LogP contribution in [0.3, 0.4) is 0 Å². The van der Waals surface area contributed by atoms with Crippen molar-refractivity contribution in [2.75, 3.05) is 5.32 Å². The summed E-state index contributed by atoms with van der Waals surface area (Å²) in [6.07, 6.45) is -0.516. The van der Waals surface area contributed by atoms with Crippen LogP contribution in [0.1, 0.15) is 12.0 Å². The van der Waals surface area contributed by atoms with Crippen molar-refractivity contribution in [3.8, 4) is 6.07 Å². The van der Waals surface area contributed by atoms with Gasteiger partial charge in [0.15, 0.2) is 0 Å². The van der Waals surface area contributed by atoms with E-state index in [4.69, 9.17) is 16.1 Å². The first-order valence-corrected chi connectivity index (χ1v) is 4.92. The van der Waals surface area contributed by atoms with E-state index < -0.39 is 30.2 Å². The molecule has 18 heavy (non-hydrogen) atoms. The van der Waals surface area contributed by atoms with E-state index in [1.54, 1.807) is 6.07 Å². The van der Waals surface area contributed by atoms with Crippen molar-refractivity contribution in [2.24, 2.45) is 5.73 Å². The lowest BCUT2D eigenvalue weighted by Crippen LogP contribution is -2.37. The number of amides is 1. The number of aliphatic carboxylic acids is 1. The van der Waals surface area contributed by atoms with Crippen molar-refractivity contribution >= 4 is 17.6 Å². The molecule has 1 aromatic rings. The molecule has 0 saturated heterocycles. The highest BCUT2D eigenvalue weighted by molar-refractivity contribution is 5.96. The highest BCUT2D eigenvalue weighted by atomic mass is 19.1. The highest BCUT2D eigenvalue weighted by Crippen LogP contribution is 2.14. The van der Waals surface area contributed by atoms with Crippen molar-refractivity contribution in [1.29, 1.82) is 5.26 Å². The lowest BCUT2D eigenvalue weighted by Gasteiger charge is -2.10. The molecule has 94 valence electrons. The number of nitrogens with two attached hydrogens (primary N) is 1. The van der Waals surface area contributed by atoms with E-state index in [2.05, 4.69) is 5.32 Å². The Morgan fingerprint density at radius 2 is 2.22 bits per heavy atom. The quantitative estimate of drug-likeness (QED) is 0.717. The average molecular weight is 251 g/mol. The summed E-state index contributed by atoms with van der Waals surface area (Å²) in [6.45, 7) is 0. The summed E-state index contributed by atoms with van der Waals surface area (Å²) in [5.41, 5.74) is 5.29. The first-order chi connectivity index (χ1) is 8.43. The average Bonchev–Trinajstić information content (AvgIpc) is 2.30. The van der Waals surface area contributed by atoms with Gasteiger partial charge in [0.05, 0.1) is 18.0 Å². The molecule has 0 fully saturated rings. The van der Waals surface area contributed by atoms with Crippen molar-refractivity contribution in [2.45, 2.75) is 12.5 Å². The minimum absolute atomic E-state index is 0.179. The third kappa shape index (κ3) is 3.54. The Morgan fingerprint density at radius 3 is 2.78 bits per heavy atom. The van der Waals surface area contributed by atoms with Crippen LogP contribution in [0.4, 0.5) is 10.1 Å². The summed E-state index contributed by atoms with van der Waals surface area (Å²) in [5, 5.41) is 19.4. The number of carbonyl (C=O) groups excluding carboxylic acids is 1. The molecule has 1 atom stereocenters. The second-order valence-electron chi connectivity index (χ2n) is 3.50. The molecule has 7 heteroatoms. The van der Waals surface area contributed by atoms with Crippen molar-refractivity contribution in [1.82, 2.24) is 0 Å². The molecular weight excluding hydrogens is 241 g/mol. The minimum atomic E-state index is -1.21. The number of nitrogens with zero attached hydrogens (tertiary/aromatic N) is 1. The lowest BCUT2D eigenvalue weighted by molar-refractivity contribution is -0.138. The Hall–Kier alpha value is -2.46. The molecule has 1 unspecified atom stereocenters. The maximum atomic E-state index is 13.0. The van der Waals surface area contributed by atoms with Gasteiger partial charge >= 0.3 is 5.97 Å². The molecule has 0 heterocycles. The summed E-state index contributed by atoms with van der Waals surface area (Å²) >= 11 is 0. The fraction of sp³-hybridized carbons (Fsp3) is 0.182. The molecular formula is C11H10FN3O3. The van der Waals surface area contributed by atoms with Crippen LogP contribution in [0.2, 0.25) is 0 Å². The first kappa shape index (κ1) is 13.6. The van der Waals surface area contributed by atoms with Gasteiger partial charge in [0.1, 0.15) is 11.9 Å². The van der Waals surface area contributed by atoms with Crippen LogP contribution in [-0.4, -0.2) is 23.0 Å². The standard InChI is InChI=1S/C11H10FN3O3/c12-8-2-1-7(3-6(8)5-13)15-11(18)9(14)4-10(16)17/h1-3,9H,4,14H2,(H,15,18)(H,16,17). The van der Waals surface area contributed by atoms with Crippen LogP contribution in [-0.2, 0) is 9.59 Å². The number of carboxylic acids is 1. The SMILES string of the molecule is N#Cc1cc(NC(=O)C(N)CC(=O)O)ccc1F. The summed E-state index contributed by atoms with van der Waals surface area (Å²) in [6, 6.07) is 3.82. The molecule has 0 aromatic heterocycles. The number of nitrogens with one attached hydrogen (secondary N) is 1. The molecule has 0 bridgehead atoms. The predicted octanol–water partition coefficient (Wildman–Crippen LogP) is 0.438. The predicted molar refractivity (Wildman–Crippen MR) is 60.0 cm³/mol. The van der Waals surface area contributed by atoms with Crippen molar-refractivity contribution < 1.29 is 19.1 Å². The van der Waals surface area contributed by atoms with E-state index in [0.29, 0.717) is 0 Å². The number of halogens is 1. The smallest absolute Gasteiger partial charge is 0.305 e. The Balaban J connectivity index is 2.76. The topological polar surface area (TPSA) is 116 Å². The maximum absolute atomic E-state index is 13.0. The summed E-state index contributed by atoms with van der Waals surface area (Å²) < 4.78 is 13.0. The fourth-order valence-electron chi connectivity index (χ4n) is 1.20. The van der Waals surface area contributed by atoms with Crippen LogP contribution in [0.5, 0.6) is 0 Å². The molecule has 0 saturated carbocycles. The number of anilines is 1. The molecule has 1 aromatic carbocycles. The summed E-state index contributed by atoms with van der Waals surface area (Å²) in [5.74, 6) is -2.62. The third-order valence-corrected chi connectivity index (χ3v) is 2.09. The van der Waals surface area contributed by atoms with E-state index in [-0.39, 0.29) is 11.3 Å². The zero-order valence-electron chi connectivity index (χ0n) is 9.18. The first-order valence-electron chi connectivity index (χ1n) is 4.92. The van der Waals surface area contributed by atoms with E-state index in [1.807, 2.05) is 0 Å². The summed E-state index contributed by atoms with van der Waals surface area (Å²) in [7, 11) is 0. The van der Waals surface area contributed by atoms with E-state index in [9.17, 15) is 14.0 Å². The Labute approximate surface area is 102 Å². The van der Waals surface area contributed by atoms with Gasteiger partial charge in [-0.25, -0.2) is 4.39 Å². The molecule has 1 rings (SSSR count). The van der Waals surface area contributed by atoms with Gasteiger partial charge in [-0.1, -0.05) is 0 Å². The van der Waals surface area contributed by atoms with Crippen LogP contribution in [0.15, 0.2) is 18.2 Å². The second-order valence-corrected chi connectivity index (χ2v) is 3.50. The van der Waals surface area contributed by atoms with Gasteiger partial charge in [-0.05, 0) is 18.2 Å². The normalized spacial score (nSPS) is 11.4. The van der Waals surface area contributed by atoms with E-state index >= 15 is 0 Å². The number of carbonyl (C=O) groups is 2. The number of hydrogen-bond donors (Lipinski definition) is 3. The zero-order valence-corrected chi connectivity index (χ0v) is 9.18. The Morgan fingerprint density at radius 1 is 1.56 bits per heavy atom. The highest BCUT2D eigenvalue weighted by Gasteiger charge is 2.17. The van der Waals surface area contributed by atoms with E-state index in [1.165, 1.54) is 6.07 Å². The van der Waals surface area contributed by atoms with Crippen molar-refractivity contribution in [3.05, 3.63) is 29.6 Å². The van der Waals surface area contributed by atoms with E-state index in [0.717, 1.165) is 12.1 Å². The number of benzene rings is 1. The number of hydrogen-bond acceptors (Lipinski definition) is 4. The van der Waals surface area contributed by atoms with Gasteiger partial charge in [0, 0.05) is 5.69 Å². The molecule has 1 amide bonds. The molecule has 0 spiro atoms. The third-order valence-electron chi connectivity index (χ3n) is 2.09. The fourth-order valence-corrected chi connectivity index (χ4v) is 1.20. The zero-order chi connectivity index (χ0) is 13.7. The van der Waals surface area contributed by atoms with Gasteiger partial charge in [-0.3, -0.25) is 9.59 Å². The maximum Gasteiger partial charge on any atom is 0.305 e. The second kappa shape index (κ2) is 5.75. The molecule has 0 aliphatic carbocycles. The minimum Gasteiger partial charge on any atom is -0.481 e. The molecule has 0 aliphatic heterocycles. The van der Waals surface area contributed by atoms with Crippen molar-refractivity contribution in [3.63, 3.8) is 0 Å². The summed E-state index contributed by atoms with van der Waals surface area (Å²) in [4.78, 5) is 21.8. The number of rotatable bonds is 4. The number of carboxylic acid groups (broad SMARTS) is 1. The largest absolute Gasteiger partial charge is 0.481 e. The van der Waals surface area contributed by atoms with Gasteiger partial charge in [0.25, 0.3) is 0 Å². The van der Waals surface area contributed by atoms with Gasteiger partial charge < -0.3 is 16.2 Å². The van der Waals surface area contributed by atoms with Crippen LogP contribution >= 0.6 is 0 Å². The number of nitriles is 1. The van der Waals surface area contributed by atoms with Crippen LogP contribution in [0, 0.1) is 17.1 Å². The molecule has 6 nitrogen and oxygen atoms in total.